The third-order valence-corrected chi connectivity index (χ3v) is 4.35. The zero-order valence-electron chi connectivity index (χ0n) is 10.2. The minimum atomic E-state index is 0.519. The molecule has 0 spiro atoms. The van der Waals surface area contributed by atoms with Crippen LogP contribution >= 0.6 is 0 Å². The van der Waals surface area contributed by atoms with Gasteiger partial charge in [-0.05, 0) is 49.6 Å². The van der Waals surface area contributed by atoms with E-state index >= 15 is 0 Å². The van der Waals surface area contributed by atoms with Crippen LogP contribution in [0.3, 0.4) is 0 Å². The van der Waals surface area contributed by atoms with Crippen LogP contribution in [0.15, 0.2) is 12.3 Å². The van der Waals surface area contributed by atoms with Gasteiger partial charge in [0.1, 0.15) is 0 Å². The standard InChI is InChI=1S/C13H21N3/c1-3-14-13(12-4-5-15-16(12)2)11-7-9-6-10(9)8-11/h4-5,9-11,13-14H,3,6-8H2,1-2H3. The molecule has 2 aliphatic carbocycles. The van der Waals surface area contributed by atoms with E-state index in [1.165, 1.54) is 25.0 Å². The maximum atomic E-state index is 4.30. The molecule has 88 valence electrons. The third kappa shape index (κ3) is 1.67. The van der Waals surface area contributed by atoms with Crippen molar-refractivity contribution in [2.24, 2.45) is 24.8 Å². The molecule has 0 radical (unpaired) electrons. The molecule has 1 heterocycles. The molecule has 3 rings (SSSR count). The van der Waals surface area contributed by atoms with Crippen molar-refractivity contribution < 1.29 is 0 Å². The van der Waals surface area contributed by atoms with Gasteiger partial charge in [0.05, 0.1) is 11.7 Å². The number of aromatic nitrogens is 2. The van der Waals surface area contributed by atoms with E-state index in [2.05, 4.69) is 30.5 Å². The quantitative estimate of drug-likeness (QED) is 0.840. The summed E-state index contributed by atoms with van der Waals surface area (Å²) in [5.41, 5.74) is 1.35. The van der Waals surface area contributed by atoms with Crippen LogP contribution in [0, 0.1) is 17.8 Å². The van der Waals surface area contributed by atoms with E-state index in [0.717, 1.165) is 24.3 Å². The van der Waals surface area contributed by atoms with Gasteiger partial charge in [-0.25, -0.2) is 0 Å². The Morgan fingerprint density at radius 2 is 2.19 bits per heavy atom. The molecule has 3 unspecified atom stereocenters. The molecule has 1 aromatic heterocycles. The van der Waals surface area contributed by atoms with Gasteiger partial charge in [-0.2, -0.15) is 5.10 Å². The zero-order valence-corrected chi connectivity index (χ0v) is 10.2. The topological polar surface area (TPSA) is 29.9 Å². The van der Waals surface area contributed by atoms with Gasteiger partial charge in [-0.15, -0.1) is 0 Å². The van der Waals surface area contributed by atoms with Crippen molar-refractivity contribution >= 4 is 0 Å². The van der Waals surface area contributed by atoms with Crippen molar-refractivity contribution in [3.63, 3.8) is 0 Å². The number of fused-ring (bicyclic) bond motifs is 1. The first-order valence-electron chi connectivity index (χ1n) is 6.51. The molecular formula is C13H21N3. The van der Waals surface area contributed by atoms with Crippen molar-refractivity contribution in [1.82, 2.24) is 15.1 Å². The first-order valence-corrected chi connectivity index (χ1v) is 6.51. The van der Waals surface area contributed by atoms with Crippen LogP contribution in [0.5, 0.6) is 0 Å². The zero-order chi connectivity index (χ0) is 11.1. The fourth-order valence-corrected chi connectivity index (χ4v) is 3.46. The molecule has 2 aliphatic rings. The lowest BCUT2D eigenvalue weighted by atomic mass is 9.92. The fourth-order valence-electron chi connectivity index (χ4n) is 3.46. The van der Waals surface area contributed by atoms with Gasteiger partial charge in [-0.1, -0.05) is 6.92 Å². The molecule has 3 nitrogen and oxygen atoms in total. The Balaban J connectivity index is 1.78. The van der Waals surface area contributed by atoms with Crippen molar-refractivity contribution in [3.8, 4) is 0 Å². The highest BCUT2D eigenvalue weighted by molar-refractivity contribution is 5.11. The molecule has 0 bridgehead atoms. The third-order valence-electron chi connectivity index (χ3n) is 4.35. The summed E-state index contributed by atoms with van der Waals surface area (Å²) >= 11 is 0. The summed E-state index contributed by atoms with van der Waals surface area (Å²) < 4.78 is 2.03. The predicted molar refractivity (Wildman–Crippen MR) is 63.9 cm³/mol. The largest absolute Gasteiger partial charge is 0.309 e. The fraction of sp³-hybridized carbons (Fsp3) is 0.769. The lowest BCUT2D eigenvalue weighted by Crippen LogP contribution is -2.29. The SMILES string of the molecule is CCNC(c1ccnn1C)C1CC2CC2C1. The van der Waals surface area contributed by atoms with Crippen LogP contribution < -0.4 is 5.32 Å². The molecule has 0 amide bonds. The average Bonchev–Trinajstić information content (AvgIpc) is 2.71. The number of hydrogen-bond donors (Lipinski definition) is 1. The summed E-state index contributed by atoms with van der Waals surface area (Å²) in [5.74, 6) is 2.94. The summed E-state index contributed by atoms with van der Waals surface area (Å²) in [4.78, 5) is 0. The van der Waals surface area contributed by atoms with E-state index in [0.29, 0.717) is 6.04 Å². The summed E-state index contributed by atoms with van der Waals surface area (Å²) in [7, 11) is 2.05. The van der Waals surface area contributed by atoms with E-state index in [1.807, 2.05) is 10.9 Å². The van der Waals surface area contributed by atoms with Crippen LogP contribution in [0.4, 0.5) is 0 Å². The van der Waals surface area contributed by atoms with Gasteiger partial charge >= 0.3 is 0 Å². The van der Waals surface area contributed by atoms with Crippen LogP contribution in [-0.2, 0) is 7.05 Å². The maximum Gasteiger partial charge on any atom is 0.0553 e. The molecule has 0 aromatic carbocycles. The molecule has 16 heavy (non-hydrogen) atoms. The molecule has 2 saturated carbocycles. The maximum absolute atomic E-state index is 4.30. The average molecular weight is 219 g/mol. The van der Waals surface area contributed by atoms with E-state index in [9.17, 15) is 0 Å². The highest BCUT2D eigenvalue weighted by atomic mass is 15.3. The summed E-state index contributed by atoms with van der Waals surface area (Å²) in [5, 5.41) is 7.95. The predicted octanol–water partition coefficient (Wildman–Crippen LogP) is 2.12. The molecule has 1 aromatic rings. The Kier molecular flexibility index (Phi) is 2.51. The number of hydrogen-bond acceptors (Lipinski definition) is 2. The van der Waals surface area contributed by atoms with Crippen molar-refractivity contribution in [1.29, 1.82) is 0 Å². The van der Waals surface area contributed by atoms with E-state index in [-0.39, 0.29) is 0 Å². The minimum absolute atomic E-state index is 0.519. The molecule has 2 fully saturated rings. The highest BCUT2D eigenvalue weighted by Crippen LogP contribution is 2.57. The molecule has 0 aliphatic heterocycles. The van der Waals surface area contributed by atoms with Crippen LogP contribution in [0.1, 0.15) is 37.9 Å². The number of aryl methyl sites for hydroxylation is 1. The highest BCUT2D eigenvalue weighted by Gasteiger charge is 2.48. The lowest BCUT2D eigenvalue weighted by Gasteiger charge is -2.25. The lowest BCUT2D eigenvalue weighted by molar-refractivity contribution is 0.332. The van der Waals surface area contributed by atoms with E-state index in [4.69, 9.17) is 0 Å². The molecule has 3 atom stereocenters. The Morgan fingerprint density at radius 3 is 2.75 bits per heavy atom. The summed E-state index contributed by atoms with van der Waals surface area (Å²) in [6.07, 6.45) is 6.26. The van der Waals surface area contributed by atoms with Gasteiger partial charge in [0.15, 0.2) is 0 Å². The summed E-state index contributed by atoms with van der Waals surface area (Å²) in [6, 6.07) is 2.68. The van der Waals surface area contributed by atoms with Crippen molar-refractivity contribution in [3.05, 3.63) is 18.0 Å². The number of nitrogens with zero attached hydrogens (tertiary/aromatic N) is 2. The van der Waals surface area contributed by atoms with Gasteiger partial charge in [0.25, 0.3) is 0 Å². The van der Waals surface area contributed by atoms with Gasteiger partial charge in [0, 0.05) is 13.2 Å². The Morgan fingerprint density at radius 1 is 1.44 bits per heavy atom. The van der Waals surface area contributed by atoms with Crippen molar-refractivity contribution in [2.75, 3.05) is 6.54 Å². The Labute approximate surface area is 97.2 Å². The van der Waals surface area contributed by atoms with Gasteiger partial charge in [0.2, 0.25) is 0 Å². The van der Waals surface area contributed by atoms with Crippen LogP contribution in [0.25, 0.3) is 0 Å². The first kappa shape index (κ1) is 10.3. The van der Waals surface area contributed by atoms with E-state index < -0.39 is 0 Å². The second-order valence-electron chi connectivity index (χ2n) is 5.40. The monoisotopic (exact) mass is 219 g/mol. The molecule has 0 saturated heterocycles. The second-order valence-corrected chi connectivity index (χ2v) is 5.40. The summed E-state index contributed by atoms with van der Waals surface area (Å²) in [6.45, 7) is 3.24. The van der Waals surface area contributed by atoms with Gasteiger partial charge in [-0.3, -0.25) is 4.68 Å². The second kappa shape index (κ2) is 3.88. The van der Waals surface area contributed by atoms with Crippen LogP contribution in [0.2, 0.25) is 0 Å². The minimum Gasteiger partial charge on any atom is -0.309 e. The molecule has 3 heteroatoms. The number of rotatable bonds is 4. The molecule has 1 N–H and O–H groups in total. The van der Waals surface area contributed by atoms with Crippen LogP contribution in [-0.4, -0.2) is 16.3 Å². The Hall–Kier alpha value is -0.830. The number of nitrogens with one attached hydrogen (secondary N) is 1. The normalized spacial score (nSPS) is 33.8. The first-order chi connectivity index (χ1) is 7.79. The van der Waals surface area contributed by atoms with Gasteiger partial charge < -0.3 is 5.32 Å². The van der Waals surface area contributed by atoms with E-state index in [1.54, 1.807) is 0 Å². The Bertz CT molecular complexity index is 361. The molecular weight excluding hydrogens is 198 g/mol. The smallest absolute Gasteiger partial charge is 0.0553 e. The van der Waals surface area contributed by atoms with Crippen molar-refractivity contribution in [2.45, 2.75) is 32.2 Å².